The van der Waals surface area contributed by atoms with Gasteiger partial charge in [0.05, 0.1) is 26.3 Å². The highest BCUT2D eigenvalue weighted by Gasteiger charge is 2.11. The van der Waals surface area contributed by atoms with Gasteiger partial charge in [-0.2, -0.15) is 0 Å². The molecule has 2 aromatic carbocycles. The van der Waals surface area contributed by atoms with Crippen molar-refractivity contribution >= 4 is 11.6 Å². The molecule has 4 nitrogen and oxygen atoms in total. The first-order valence-corrected chi connectivity index (χ1v) is 6.49. The van der Waals surface area contributed by atoms with E-state index >= 15 is 0 Å². The van der Waals surface area contributed by atoms with Crippen molar-refractivity contribution in [2.75, 3.05) is 19.5 Å². The van der Waals surface area contributed by atoms with Gasteiger partial charge in [-0.05, 0) is 29.8 Å². The lowest BCUT2D eigenvalue weighted by Crippen LogP contribution is -2.15. The maximum absolute atomic E-state index is 13.5. The monoisotopic (exact) mass is 307 g/mol. The Morgan fingerprint density at radius 2 is 1.77 bits per heavy atom. The van der Waals surface area contributed by atoms with E-state index in [2.05, 4.69) is 5.32 Å². The Hall–Kier alpha value is -2.63. The minimum atomic E-state index is -0.693. The second-order valence-corrected chi connectivity index (χ2v) is 4.54. The van der Waals surface area contributed by atoms with Crippen molar-refractivity contribution in [1.82, 2.24) is 0 Å². The number of hydrogen-bond donors (Lipinski definition) is 1. The van der Waals surface area contributed by atoms with Crippen LogP contribution in [0.25, 0.3) is 0 Å². The highest BCUT2D eigenvalue weighted by Crippen LogP contribution is 2.27. The number of anilines is 1. The third-order valence-corrected chi connectivity index (χ3v) is 3.02. The number of hydrogen-bond acceptors (Lipinski definition) is 3. The summed E-state index contributed by atoms with van der Waals surface area (Å²) in [6.45, 7) is 0. The van der Waals surface area contributed by atoms with Crippen LogP contribution >= 0.6 is 0 Å². The molecular formula is C16H15F2NO3. The average Bonchev–Trinajstić information content (AvgIpc) is 2.50. The molecule has 0 heterocycles. The first-order valence-electron chi connectivity index (χ1n) is 6.49. The standard InChI is InChI=1S/C16H15F2NO3/c1-21-14-6-3-10(7-15(14)22-2)8-16(20)19-13-9-11(17)4-5-12(13)18/h3-7,9H,8H2,1-2H3,(H,19,20). The molecule has 0 aliphatic carbocycles. The molecule has 0 unspecified atom stereocenters. The van der Waals surface area contributed by atoms with Gasteiger partial charge in [0.25, 0.3) is 0 Å². The summed E-state index contributed by atoms with van der Waals surface area (Å²) in [5.74, 6) is -0.742. The van der Waals surface area contributed by atoms with Crippen LogP contribution in [0.4, 0.5) is 14.5 Å². The lowest BCUT2D eigenvalue weighted by molar-refractivity contribution is -0.115. The second kappa shape index (κ2) is 6.89. The molecule has 0 aliphatic heterocycles. The van der Waals surface area contributed by atoms with E-state index in [0.717, 1.165) is 18.2 Å². The van der Waals surface area contributed by atoms with Gasteiger partial charge in [-0.3, -0.25) is 4.79 Å². The van der Waals surface area contributed by atoms with E-state index in [1.165, 1.54) is 14.2 Å². The van der Waals surface area contributed by atoms with Gasteiger partial charge in [0, 0.05) is 6.07 Å². The van der Waals surface area contributed by atoms with Crippen molar-refractivity contribution in [3.63, 3.8) is 0 Å². The quantitative estimate of drug-likeness (QED) is 0.923. The van der Waals surface area contributed by atoms with Crippen LogP contribution in [0.1, 0.15) is 5.56 Å². The summed E-state index contributed by atoms with van der Waals surface area (Å²) in [7, 11) is 3.00. The molecule has 0 saturated heterocycles. The minimum absolute atomic E-state index is 0.00366. The van der Waals surface area contributed by atoms with Gasteiger partial charge in [-0.25, -0.2) is 8.78 Å². The Morgan fingerprint density at radius 1 is 1.05 bits per heavy atom. The fraction of sp³-hybridized carbons (Fsp3) is 0.188. The number of nitrogens with one attached hydrogen (secondary N) is 1. The van der Waals surface area contributed by atoms with Crippen LogP contribution in [0.5, 0.6) is 11.5 Å². The molecule has 1 amide bonds. The van der Waals surface area contributed by atoms with E-state index in [9.17, 15) is 13.6 Å². The Kier molecular flexibility index (Phi) is 4.93. The van der Waals surface area contributed by atoms with Crippen LogP contribution in [0.2, 0.25) is 0 Å². The molecule has 0 saturated carbocycles. The maximum atomic E-state index is 13.5. The molecular weight excluding hydrogens is 292 g/mol. The zero-order chi connectivity index (χ0) is 16.1. The molecule has 6 heteroatoms. The predicted octanol–water partition coefficient (Wildman–Crippen LogP) is 3.16. The number of amides is 1. The van der Waals surface area contributed by atoms with Gasteiger partial charge in [-0.15, -0.1) is 0 Å². The Bertz CT molecular complexity index is 689. The predicted molar refractivity (Wildman–Crippen MR) is 78.2 cm³/mol. The van der Waals surface area contributed by atoms with Crippen molar-refractivity contribution in [1.29, 1.82) is 0 Å². The Balaban J connectivity index is 2.10. The third kappa shape index (κ3) is 3.72. The number of benzene rings is 2. The summed E-state index contributed by atoms with van der Waals surface area (Å²) in [4.78, 5) is 11.9. The number of rotatable bonds is 5. The molecule has 0 aromatic heterocycles. The summed E-state index contributed by atoms with van der Waals surface area (Å²) >= 11 is 0. The zero-order valence-corrected chi connectivity index (χ0v) is 12.2. The number of halogens is 2. The summed E-state index contributed by atoms with van der Waals surface area (Å²) in [5.41, 5.74) is 0.470. The van der Waals surface area contributed by atoms with Crippen LogP contribution in [0.15, 0.2) is 36.4 Å². The van der Waals surface area contributed by atoms with E-state index in [1.54, 1.807) is 18.2 Å². The minimum Gasteiger partial charge on any atom is -0.493 e. The first-order chi connectivity index (χ1) is 10.5. The van der Waals surface area contributed by atoms with Crippen molar-refractivity contribution in [3.8, 4) is 11.5 Å². The van der Waals surface area contributed by atoms with Gasteiger partial charge < -0.3 is 14.8 Å². The fourth-order valence-corrected chi connectivity index (χ4v) is 1.96. The molecule has 22 heavy (non-hydrogen) atoms. The van der Waals surface area contributed by atoms with Gasteiger partial charge >= 0.3 is 0 Å². The Morgan fingerprint density at radius 3 is 2.45 bits per heavy atom. The lowest BCUT2D eigenvalue weighted by Gasteiger charge is -2.10. The van der Waals surface area contributed by atoms with Crippen LogP contribution in [-0.4, -0.2) is 20.1 Å². The van der Waals surface area contributed by atoms with Gasteiger partial charge in [0.1, 0.15) is 11.6 Å². The molecule has 2 aromatic rings. The molecule has 0 aliphatic rings. The van der Waals surface area contributed by atoms with E-state index in [0.29, 0.717) is 17.1 Å². The molecule has 0 fully saturated rings. The van der Waals surface area contributed by atoms with Crippen molar-refractivity contribution in [2.24, 2.45) is 0 Å². The zero-order valence-electron chi connectivity index (χ0n) is 12.2. The van der Waals surface area contributed by atoms with E-state index in [-0.39, 0.29) is 12.1 Å². The highest BCUT2D eigenvalue weighted by molar-refractivity contribution is 5.92. The highest BCUT2D eigenvalue weighted by atomic mass is 19.1. The second-order valence-electron chi connectivity index (χ2n) is 4.54. The molecule has 116 valence electrons. The maximum Gasteiger partial charge on any atom is 0.228 e. The van der Waals surface area contributed by atoms with Gasteiger partial charge in [0.15, 0.2) is 11.5 Å². The average molecular weight is 307 g/mol. The van der Waals surface area contributed by atoms with Crippen molar-refractivity contribution < 1.29 is 23.0 Å². The van der Waals surface area contributed by atoms with Crippen LogP contribution in [-0.2, 0) is 11.2 Å². The normalized spacial score (nSPS) is 10.2. The van der Waals surface area contributed by atoms with Crippen LogP contribution < -0.4 is 14.8 Å². The van der Waals surface area contributed by atoms with E-state index < -0.39 is 17.5 Å². The number of ether oxygens (including phenoxy) is 2. The SMILES string of the molecule is COc1ccc(CC(=O)Nc2cc(F)ccc2F)cc1OC. The third-order valence-electron chi connectivity index (χ3n) is 3.02. The molecule has 0 radical (unpaired) electrons. The number of carbonyl (C=O) groups is 1. The summed E-state index contributed by atoms with van der Waals surface area (Å²) < 4.78 is 36.8. The first kappa shape index (κ1) is 15.8. The topological polar surface area (TPSA) is 47.6 Å². The largest absolute Gasteiger partial charge is 0.493 e. The number of methoxy groups -OCH3 is 2. The van der Waals surface area contributed by atoms with Crippen molar-refractivity contribution in [2.45, 2.75) is 6.42 Å². The summed E-state index contributed by atoms with van der Waals surface area (Å²) in [6.07, 6.45) is -0.00366. The molecule has 0 bridgehead atoms. The van der Waals surface area contributed by atoms with Crippen LogP contribution in [0.3, 0.4) is 0 Å². The number of carbonyl (C=O) groups excluding carboxylic acids is 1. The van der Waals surface area contributed by atoms with E-state index in [4.69, 9.17) is 9.47 Å². The smallest absolute Gasteiger partial charge is 0.228 e. The fourth-order valence-electron chi connectivity index (χ4n) is 1.96. The van der Waals surface area contributed by atoms with Crippen LogP contribution in [0, 0.1) is 11.6 Å². The van der Waals surface area contributed by atoms with Crippen molar-refractivity contribution in [3.05, 3.63) is 53.6 Å². The molecule has 2 rings (SSSR count). The van der Waals surface area contributed by atoms with E-state index in [1.807, 2.05) is 0 Å². The van der Waals surface area contributed by atoms with Gasteiger partial charge in [0.2, 0.25) is 5.91 Å². The summed E-state index contributed by atoms with van der Waals surface area (Å²) in [5, 5.41) is 2.34. The molecule has 0 spiro atoms. The molecule has 0 atom stereocenters. The van der Waals surface area contributed by atoms with Gasteiger partial charge in [-0.1, -0.05) is 6.07 Å². The summed E-state index contributed by atoms with van der Waals surface area (Å²) in [6, 6.07) is 7.90. The Labute approximate surface area is 126 Å². The lowest BCUT2D eigenvalue weighted by atomic mass is 10.1. The molecule has 1 N–H and O–H groups in total.